The van der Waals surface area contributed by atoms with Gasteiger partial charge in [0.05, 0.1) is 5.69 Å². The second kappa shape index (κ2) is 6.58. The molecule has 4 heterocycles. The van der Waals surface area contributed by atoms with Gasteiger partial charge in [-0.2, -0.15) is 5.21 Å². The Bertz CT molecular complexity index is 917. The first-order valence-electron chi connectivity index (χ1n) is 9.08. The van der Waals surface area contributed by atoms with Crippen molar-refractivity contribution in [3.63, 3.8) is 0 Å². The summed E-state index contributed by atoms with van der Waals surface area (Å²) in [7, 11) is 0. The lowest BCUT2D eigenvalue weighted by molar-refractivity contribution is 0.130. The van der Waals surface area contributed by atoms with Gasteiger partial charge in [-0.1, -0.05) is 6.07 Å². The number of fused-ring (bicyclic) bond motifs is 2. The van der Waals surface area contributed by atoms with Crippen LogP contribution < -0.4 is 10.1 Å². The van der Waals surface area contributed by atoms with Gasteiger partial charge in [0.15, 0.2) is 0 Å². The van der Waals surface area contributed by atoms with Crippen LogP contribution in [0.25, 0.3) is 22.6 Å². The molecule has 27 heavy (non-hydrogen) atoms. The third-order valence-electron chi connectivity index (χ3n) is 5.23. The summed E-state index contributed by atoms with van der Waals surface area (Å²) in [5.41, 5.74) is 1.82. The Morgan fingerprint density at radius 1 is 1.00 bits per heavy atom. The molecule has 9 heteroatoms. The molecule has 0 radical (unpaired) electrons. The Morgan fingerprint density at radius 3 is 2.52 bits per heavy atom. The van der Waals surface area contributed by atoms with Gasteiger partial charge >= 0.3 is 0 Å². The summed E-state index contributed by atoms with van der Waals surface area (Å²) >= 11 is 0. The lowest BCUT2D eigenvalue weighted by atomic mass is 10.0. The smallest absolute Gasteiger partial charge is 0.233 e. The van der Waals surface area contributed by atoms with E-state index in [1.165, 1.54) is 12.8 Å². The molecule has 2 atom stereocenters. The Morgan fingerprint density at radius 2 is 1.85 bits per heavy atom. The highest BCUT2D eigenvalue weighted by Crippen LogP contribution is 2.32. The number of hydrogen-bond acceptors (Lipinski definition) is 8. The van der Waals surface area contributed by atoms with E-state index in [4.69, 9.17) is 4.74 Å². The van der Waals surface area contributed by atoms with E-state index in [1.807, 2.05) is 0 Å². The Labute approximate surface area is 155 Å². The van der Waals surface area contributed by atoms with Gasteiger partial charge in [-0.15, -0.1) is 20.4 Å². The predicted octanol–water partition coefficient (Wildman–Crippen LogP) is 1.69. The monoisotopic (exact) mass is 365 g/mol. The number of piperidine rings is 1. The molecular formula is C18H19N7O2. The van der Waals surface area contributed by atoms with E-state index >= 15 is 0 Å². The SMILES string of the molecule is Oc1cc(-c2nn[nH]n2)ccc1-c1ccc(OC2CC3CCC(C2)N3)nn1. The van der Waals surface area contributed by atoms with E-state index in [0.29, 0.717) is 40.6 Å². The first-order chi connectivity index (χ1) is 13.2. The molecule has 2 bridgehead atoms. The number of ether oxygens (including phenoxy) is 1. The quantitative estimate of drug-likeness (QED) is 0.638. The number of tetrazole rings is 1. The van der Waals surface area contributed by atoms with Gasteiger partial charge in [-0.3, -0.25) is 0 Å². The zero-order valence-corrected chi connectivity index (χ0v) is 14.5. The number of benzene rings is 1. The fraction of sp³-hybridized carbons (Fsp3) is 0.389. The van der Waals surface area contributed by atoms with Gasteiger partial charge in [-0.25, -0.2) is 0 Å². The summed E-state index contributed by atoms with van der Waals surface area (Å²) in [6, 6.07) is 9.88. The fourth-order valence-electron chi connectivity index (χ4n) is 3.97. The lowest BCUT2D eigenvalue weighted by Crippen LogP contribution is -2.42. The van der Waals surface area contributed by atoms with Gasteiger partial charge < -0.3 is 15.2 Å². The van der Waals surface area contributed by atoms with Crippen LogP contribution in [0.5, 0.6) is 11.6 Å². The minimum Gasteiger partial charge on any atom is -0.507 e. The standard InChI is InChI=1S/C18H19N7O2/c26-16-7-10(18-22-24-25-23-18)1-4-14(16)15-5-6-17(21-20-15)27-13-8-11-2-3-12(9-13)19-11/h1,4-7,11-13,19,26H,2-3,8-9H2,(H,22,23,24,25). The number of rotatable bonds is 4. The van der Waals surface area contributed by atoms with Crippen LogP contribution in [0.1, 0.15) is 25.7 Å². The van der Waals surface area contributed by atoms with Crippen LogP contribution in [0.4, 0.5) is 0 Å². The topological polar surface area (TPSA) is 122 Å². The lowest BCUT2D eigenvalue weighted by Gasteiger charge is -2.28. The molecule has 2 aromatic heterocycles. The van der Waals surface area contributed by atoms with Crippen molar-refractivity contribution in [2.75, 3.05) is 0 Å². The molecule has 0 amide bonds. The second-order valence-electron chi connectivity index (χ2n) is 7.07. The Hall–Kier alpha value is -3.07. The van der Waals surface area contributed by atoms with Crippen molar-refractivity contribution >= 4 is 0 Å². The summed E-state index contributed by atoms with van der Waals surface area (Å²) in [6.45, 7) is 0. The fourth-order valence-corrected chi connectivity index (χ4v) is 3.97. The average molecular weight is 365 g/mol. The number of aromatic amines is 1. The molecule has 2 aliphatic heterocycles. The molecule has 1 aromatic carbocycles. The molecular weight excluding hydrogens is 346 g/mol. The molecule has 0 spiro atoms. The first-order valence-corrected chi connectivity index (χ1v) is 9.08. The minimum absolute atomic E-state index is 0.0789. The number of hydrogen-bond donors (Lipinski definition) is 3. The van der Waals surface area contributed by atoms with Crippen molar-refractivity contribution in [2.24, 2.45) is 0 Å². The maximum atomic E-state index is 10.3. The van der Waals surface area contributed by atoms with Gasteiger partial charge in [-0.05, 0) is 49.1 Å². The van der Waals surface area contributed by atoms with Gasteiger partial charge in [0.25, 0.3) is 0 Å². The van der Waals surface area contributed by atoms with Crippen LogP contribution in [-0.2, 0) is 0 Å². The second-order valence-corrected chi connectivity index (χ2v) is 7.07. The van der Waals surface area contributed by atoms with Crippen molar-refractivity contribution in [3.05, 3.63) is 30.3 Å². The number of aromatic nitrogens is 6. The zero-order valence-electron chi connectivity index (χ0n) is 14.5. The third-order valence-corrected chi connectivity index (χ3v) is 5.23. The van der Waals surface area contributed by atoms with Gasteiger partial charge in [0.1, 0.15) is 11.9 Å². The number of H-pyrrole nitrogens is 1. The maximum absolute atomic E-state index is 10.3. The van der Waals surface area contributed by atoms with Gasteiger partial charge in [0, 0.05) is 29.3 Å². The number of phenols is 1. The average Bonchev–Trinajstić information content (AvgIpc) is 3.32. The van der Waals surface area contributed by atoms with E-state index in [9.17, 15) is 5.11 Å². The highest BCUT2D eigenvalue weighted by molar-refractivity contribution is 5.71. The number of nitrogens with one attached hydrogen (secondary N) is 2. The maximum Gasteiger partial charge on any atom is 0.233 e. The molecule has 138 valence electrons. The van der Waals surface area contributed by atoms with E-state index in [2.05, 4.69) is 36.1 Å². The summed E-state index contributed by atoms with van der Waals surface area (Å²) in [6.07, 6.45) is 4.67. The normalized spacial score (nSPS) is 24.1. The van der Waals surface area contributed by atoms with Crippen molar-refractivity contribution in [3.8, 4) is 34.3 Å². The van der Waals surface area contributed by atoms with Crippen molar-refractivity contribution in [1.29, 1.82) is 0 Å². The molecule has 0 aliphatic carbocycles. The number of aromatic hydroxyl groups is 1. The van der Waals surface area contributed by atoms with Crippen molar-refractivity contribution in [2.45, 2.75) is 43.9 Å². The van der Waals surface area contributed by atoms with Gasteiger partial charge in [0.2, 0.25) is 11.7 Å². The van der Waals surface area contributed by atoms with Crippen molar-refractivity contribution in [1.82, 2.24) is 36.1 Å². The molecule has 5 rings (SSSR count). The van der Waals surface area contributed by atoms with Crippen LogP contribution >= 0.6 is 0 Å². The molecule has 2 aliphatic rings. The molecule has 3 N–H and O–H groups in total. The summed E-state index contributed by atoms with van der Waals surface area (Å²) in [5, 5.41) is 36.1. The molecule has 9 nitrogen and oxygen atoms in total. The van der Waals surface area contributed by atoms with E-state index in [-0.39, 0.29) is 11.9 Å². The largest absolute Gasteiger partial charge is 0.507 e. The van der Waals surface area contributed by atoms with E-state index < -0.39 is 0 Å². The number of phenolic OH excluding ortho intramolecular Hbond substituents is 1. The van der Waals surface area contributed by atoms with Crippen LogP contribution in [-0.4, -0.2) is 54.1 Å². The van der Waals surface area contributed by atoms with Crippen LogP contribution in [0, 0.1) is 0 Å². The summed E-state index contributed by atoms with van der Waals surface area (Å²) < 4.78 is 6.02. The first kappa shape index (κ1) is 16.1. The minimum atomic E-state index is 0.0789. The highest BCUT2D eigenvalue weighted by atomic mass is 16.5. The van der Waals surface area contributed by atoms with E-state index in [0.717, 1.165) is 12.8 Å². The molecule has 2 fully saturated rings. The highest BCUT2D eigenvalue weighted by Gasteiger charge is 2.34. The summed E-state index contributed by atoms with van der Waals surface area (Å²) in [5.74, 6) is 1.02. The van der Waals surface area contributed by atoms with Crippen LogP contribution in [0.3, 0.4) is 0 Å². The summed E-state index contributed by atoms with van der Waals surface area (Å²) in [4.78, 5) is 0. The third kappa shape index (κ3) is 3.21. The number of nitrogens with zero attached hydrogens (tertiary/aromatic N) is 5. The molecule has 2 saturated heterocycles. The Kier molecular flexibility index (Phi) is 3.93. The predicted molar refractivity (Wildman–Crippen MR) is 95.9 cm³/mol. The van der Waals surface area contributed by atoms with Crippen molar-refractivity contribution < 1.29 is 9.84 Å². The van der Waals surface area contributed by atoms with Crippen LogP contribution in [0.15, 0.2) is 30.3 Å². The molecule has 0 saturated carbocycles. The molecule has 3 aromatic rings. The Balaban J connectivity index is 1.31. The zero-order chi connectivity index (χ0) is 18.2. The van der Waals surface area contributed by atoms with Crippen LogP contribution in [0.2, 0.25) is 0 Å². The van der Waals surface area contributed by atoms with E-state index in [1.54, 1.807) is 30.3 Å². The molecule has 2 unspecified atom stereocenters.